The molecule has 0 spiro atoms. The van der Waals surface area contributed by atoms with Gasteiger partial charge in [-0.25, -0.2) is 0 Å². The van der Waals surface area contributed by atoms with Gasteiger partial charge in [-0.3, -0.25) is 43.3 Å². The van der Waals surface area contributed by atoms with E-state index in [0.717, 1.165) is 0 Å². The van der Waals surface area contributed by atoms with E-state index in [2.05, 4.69) is 31.6 Å². The number of nitrogens with two attached hydrogens (primary N) is 3. The Morgan fingerprint density at radius 3 is 2.00 bits per heavy atom. The lowest BCUT2D eigenvalue weighted by molar-refractivity contribution is -0.144. The number of nitrogens with zero attached hydrogens (tertiary/aromatic N) is 3. The molecule has 2 heterocycles. The zero-order chi connectivity index (χ0) is 42.1. The molecule has 2 aliphatic heterocycles. The number of phenols is 1. The minimum Gasteiger partial charge on any atom is -0.508 e. The molecular formula is C36H55N11O9S. The van der Waals surface area contributed by atoms with Crippen LogP contribution >= 0.6 is 11.8 Å². The molecule has 2 fully saturated rings. The molecule has 314 valence electrons. The highest BCUT2D eigenvalue weighted by Crippen LogP contribution is 2.23. The average Bonchev–Trinajstić information content (AvgIpc) is 3.87. The number of rotatable bonds is 21. The van der Waals surface area contributed by atoms with Gasteiger partial charge in [0, 0.05) is 33.0 Å². The maximum Gasteiger partial charge on any atom is 0.246 e. The first-order chi connectivity index (χ1) is 27.1. The van der Waals surface area contributed by atoms with Crippen LogP contribution in [-0.2, 0) is 44.8 Å². The number of primary amides is 1. The SMILES string of the molecule is CSCC[C@H](NC(=O)[C@H](CCCN=C(N)N)NC(=O)CNC(C)=O)C(=O)N1CCC[C@H]1C(=O)N[C@@H](Cc1ccc(O)cc1)C(=O)N1CCC[C@H]1C(=O)NCC(N)=O. The predicted octanol–water partition coefficient (Wildman–Crippen LogP) is -3.08. The van der Waals surface area contributed by atoms with Gasteiger partial charge in [0.2, 0.25) is 47.3 Å². The van der Waals surface area contributed by atoms with Crippen LogP contribution < -0.4 is 43.8 Å². The summed E-state index contributed by atoms with van der Waals surface area (Å²) in [6.07, 6.45) is 4.02. The minimum absolute atomic E-state index is 0.00226. The van der Waals surface area contributed by atoms with Crippen molar-refractivity contribution in [1.29, 1.82) is 0 Å². The van der Waals surface area contributed by atoms with Crippen molar-refractivity contribution >= 4 is 65.0 Å². The number of aliphatic imine (C=N–C) groups is 1. The van der Waals surface area contributed by atoms with Gasteiger partial charge in [0.1, 0.15) is 36.0 Å². The number of hydrogen-bond acceptors (Lipinski definition) is 11. The first kappa shape index (κ1) is 45.8. The van der Waals surface area contributed by atoms with Gasteiger partial charge in [0.05, 0.1) is 13.1 Å². The van der Waals surface area contributed by atoms with Crippen molar-refractivity contribution in [2.24, 2.45) is 22.2 Å². The van der Waals surface area contributed by atoms with Crippen molar-refractivity contribution in [2.45, 2.75) is 88.5 Å². The van der Waals surface area contributed by atoms with E-state index in [1.807, 2.05) is 6.26 Å². The summed E-state index contributed by atoms with van der Waals surface area (Å²) in [5, 5.41) is 22.8. The minimum atomic E-state index is -1.17. The summed E-state index contributed by atoms with van der Waals surface area (Å²) in [5.41, 5.74) is 16.6. The van der Waals surface area contributed by atoms with Crippen LogP contribution in [0.25, 0.3) is 0 Å². The number of carbonyl (C=O) groups excluding carboxylic acids is 8. The standard InChI is InChI=1S/C36H55N11O9S/c1-21(48)41-20-30(51)43-24(6-3-14-40-36(38)39)31(52)44-25(13-17-57-2)34(55)47-16-5-8-28(47)33(54)45-26(18-22-9-11-23(49)12-10-22)35(56)46-15-4-7-27(46)32(53)42-19-29(37)50/h9-12,24-28,49H,3-8,13-20H2,1-2H3,(H2,37,50)(H,41,48)(H,42,53)(H,43,51)(H,44,52)(H,45,54)(H4,38,39,40)/t24-,25-,26-,27-,28-/m0/s1. The van der Waals surface area contributed by atoms with E-state index in [0.29, 0.717) is 37.0 Å². The molecule has 0 aromatic heterocycles. The first-order valence-corrected chi connectivity index (χ1v) is 20.1. The molecule has 20 nitrogen and oxygen atoms in total. The Bertz CT molecular complexity index is 1640. The zero-order valence-corrected chi connectivity index (χ0v) is 33.1. The van der Waals surface area contributed by atoms with Crippen molar-refractivity contribution in [2.75, 3.05) is 44.7 Å². The van der Waals surface area contributed by atoms with Gasteiger partial charge in [0.25, 0.3) is 0 Å². The molecule has 1 aromatic rings. The molecular weight excluding hydrogens is 763 g/mol. The van der Waals surface area contributed by atoms with Crippen molar-refractivity contribution in [3.05, 3.63) is 29.8 Å². The molecule has 0 saturated carbocycles. The van der Waals surface area contributed by atoms with Crippen molar-refractivity contribution < 1.29 is 43.5 Å². The number of aromatic hydroxyl groups is 1. The topological polar surface area (TPSA) is 314 Å². The average molecular weight is 818 g/mol. The van der Waals surface area contributed by atoms with Crippen LogP contribution in [0.15, 0.2) is 29.3 Å². The smallest absolute Gasteiger partial charge is 0.246 e. The maximum absolute atomic E-state index is 14.2. The quantitative estimate of drug-likeness (QED) is 0.0339. The van der Waals surface area contributed by atoms with Crippen LogP contribution in [-0.4, -0.2) is 143 Å². The van der Waals surface area contributed by atoms with Gasteiger partial charge in [-0.15, -0.1) is 0 Å². The molecule has 21 heteroatoms. The second-order valence-corrected chi connectivity index (χ2v) is 14.8. The Labute approximate surface area is 335 Å². The summed E-state index contributed by atoms with van der Waals surface area (Å²) in [5.74, 6) is -4.35. The summed E-state index contributed by atoms with van der Waals surface area (Å²) >= 11 is 1.45. The van der Waals surface area contributed by atoms with Gasteiger partial charge < -0.3 is 58.7 Å². The second kappa shape index (κ2) is 22.8. The molecule has 1 aromatic carbocycles. The van der Waals surface area contributed by atoms with Crippen molar-refractivity contribution in [1.82, 2.24) is 36.4 Å². The summed E-state index contributed by atoms with van der Waals surface area (Å²) in [6.45, 7) is 1.07. The molecule has 57 heavy (non-hydrogen) atoms. The first-order valence-electron chi connectivity index (χ1n) is 18.7. The summed E-state index contributed by atoms with van der Waals surface area (Å²) in [6, 6.07) is 0.834. The van der Waals surface area contributed by atoms with Crippen molar-refractivity contribution in [3.63, 3.8) is 0 Å². The predicted molar refractivity (Wildman–Crippen MR) is 211 cm³/mol. The molecule has 5 atom stereocenters. The zero-order valence-electron chi connectivity index (χ0n) is 32.3. The summed E-state index contributed by atoms with van der Waals surface area (Å²) < 4.78 is 0. The molecule has 2 aliphatic rings. The van der Waals surface area contributed by atoms with Crippen LogP contribution in [0.4, 0.5) is 0 Å². The second-order valence-electron chi connectivity index (χ2n) is 13.8. The Hall–Kier alpha value is -5.60. The van der Waals surface area contributed by atoms with E-state index in [4.69, 9.17) is 17.2 Å². The molecule has 8 amide bonds. The molecule has 3 rings (SSSR count). The fraction of sp³-hybridized carbons (Fsp3) is 0.583. The number of benzene rings is 1. The van der Waals surface area contributed by atoms with E-state index in [1.54, 1.807) is 12.1 Å². The number of hydrogen-bond donors (Lipinski definition) is 9. The van der Waals surface area contributed by atoms with Gasteiger partial charge in [0.15, 0.2) is 5.96 Å². The van der Waals surface area contributed by atoms with E-state index in [-0.39, 0.29) is 63.6 Å². The van der Waals surface area contributed by atoms with E-state index < -0.39 is 84.0 Å². The lowest BCUT2D eigenvalue weighted by Crippen LogP contribution is -2.59. The van der Waals surface area contributed by atoms with Crippen LogP contribution in [0, 0.1) is 0 Å². The van der Waals surface area contributed by atoms with E-state index >= 15 is 0 Å². The number of carbonyl (C=O) groups is 8. The fourth-order valence-corrected chi connectivity index (χ4v) is 7.09. The van der Waals surface area contributed by atoms with Crippen LogP contribution in [0.2, 0.25) is 0 Å². The lowest BCUT2D eigenvalue weighted by Gasteiger charge is -2.32. The van der Waals surface area contributed by atoms with Crippen molar-refractivity contribution in [3.8, 4) is 5.75 Å². The molecule has 0 radical (unpaired) electrons. The number of thioether (sulfide) groups is 1. The Morgan fingerprint density at radius 1 is 0.807 bits per heavy atom. The van der Waals surface area contributed by atoms with E-state index in [1.165, 1.54) is 40.6 Å². The summed E-state index contributed by atoms with van der Waals surface area (Å²) in [7, 11) is 0. The molecule has 0 aliphatic carbocycles. The monoisotopic (exact) mass is 817 g/mol. The van der Waals surface area contributed by atoms with Gasteiger partial charge in [-0.2, -0.15) is 11.8 Å². The lowest BCUT2D eigenvalue weighted by atomic mass is 10.0. The number of guanidine groups is 1. The van der Waals surface area contributed by atoms with Crippen LogP contribution in [0.1, 0.15) is 57.4 Å². The largest absolute Gasteiger partial charge is 0.508 e. The highest BCUT2D eigenvalue weighted by molar-refractivity contribution is 7.98. The van der Waals surface area contributed by atoms with Gasteiger partial charge >= 0.3 is 0 Å². The highest BCUT2D eigenvalue weighted by atomic mass is 32.2. The number of nitrogens with one attached hydrogen (secondary N) is 5. The molecule has 12 N–H and O–H groups in total. The number of amides is 8. The third-order valence-electron chi connectivity index (χ3n) is 9.42. The third kappa shape index (κ3) is 14.8. The number of likely N-dealkylation sites (tertiary alicyclic amines) is 2. The van der Waals surface area contributed by atoms with Crippen LogP contribution in [0.3, 0.4) is 0 Å². The van der Waals surface area contributed by atoms with Gasteiger partial charge in [-0.1, -0.05) is 12.1 Å². The number of phenolic OH excluding ortho intramolecular Hbond substituents is 1. The summed E-state index contributed by atoms with van der Waals surface area (Å²) in [4.78, 5) is 111. The van der Waals surface area contributed by atoms with Gasteiger partial charge in [-0.05, 0) is 74.7 Å². The van der Waals surface area contributed by atoms with Crippen LogP contribution in [0.5, 0.6) is 5.75 Å². The highest BCUT2D eigenvalue weighted by Gasteiger charge is 2.42. The Balaban J connectivity index is 1.82. The Morgan fingerprint density at radius 2 is 1.42 bits per heavy atom. The fourth-order valence-electron chi connectivity index (χ4n) is 6.62. The molecule has 2 saturated heterocycles. The Kier molecular flexibility index (Phi) is 18.3. The third-order valence-corrected chi connectivity index (χ3v) is 10.1. The van der Waals surface area contributed by atoms with E-state index in [9.17, 15) is 43.5 Å². The molecule has 0 bridgehead atoms. The normalized spacial score (nSPS) is 17.7. The molecule has 0 unspecified atom stereocenters. The maximum atomic E-state index is 14.2.